The Labute approximate surface area is 115 Å². The van der Waals surface area contributed by atoms with Gasteiger partial charge in [0.1, 0.15) is 0 Å². The zero-order valence-electron chi connectivity index (χ0n) is 11.1. The molecule has 20 heavy (non-hydrogen) atoms. The number of nitrogens with zero attached hydrogens (tertiary/aromatic N) is 1. The van der Waals surface area contributed by atoms with Gasteiger partial charge >= 0.3 is 6.18 Å². The van der Waals surface area contributed by atoms with Gasteiger partial charge < -0.3 is 9.64 Å². The van der Waals surface area contributed by atoms with Gasteiger partial charge in [0.15, 0.2) is 0 Å². The predicted octanol–water partition coefficient (Wildman–Crippen LogP) is 2.50. The lowest BCUT2D eigenvalue weighted by Gasteiger charge is -2.31. The van der Waals surface area contributed by atoms with Gasteiger partial charge in [-0.25, -0.2) is 0 Å². The van der Waals surface area contributed by atoms with E-state index in [1.165, 1.54) is 12.1 Å². The molecule has 1 unspecified atom stereocenters. The van der Waals surface area contributed by atoms with E-state index in [1.807, 2.05) is 6.92 Å². The number of benzene rings is 1. The highest BCUT2D eigenvalue weighted by molar-refractivity contribution is 5.78. The van der Waals surface area contributed by atoms with Crippen molar-refractivity contribution in [3.63, 3.8) is 0 Å². The van der Waals surface area contributed by atoms with Gasteiger partial charge in [0.05, 0.1) is 24.7 Å². The molecule has 1 atom stereocenters. The molecular formula is C14H16F3NO2. The maximum atomic E-state index is 12.4. The molecule has 0 spiro atoms. The number of hydrogen-bond donors (Lipinski definition) is 0. The molecule has 2 rings (SSSR count). The summed E-state index contributed by atoms with van der Waals surface area (Å²) in [7, 11) is 0. The van der Waals surface area contributed by atoms with Crippen LogP contribution in [-0.2, 0) is 22.1 Å². The van der Waals surface area contributed by atoms with Crippen LogP contribution < -0.4 is 0 Å². The van der Waals surface area contributed by atoms with Crippen LogP contribution in [0, 0.1) is 0 Å². The van der Waals surface area contributed by atoms with E-state index in [0.717, 1.165) is 12.1 Å². The summed E-state index contributed by atoms with van der Waals surface area (Å²) < 4.78 is 42.6. The lowest BCUT2D eigenvalue weighted by molar-refractivity contribution is -0.137. The van der Waals surface area contributed by atoms with Crippen LogP contribution in [0.3, 0.4) is 0 Å². The smallest absolute Gasteiger partial charge is 0.375 e. The third kappa shape index (κ3) is 3.72. The summed E-state index contributed by atoms with van der Waals surface area (Å²) in [5, 5.41) is 0. The van der Waals surface area contributed by atoms with Gasteiger partial charge in [-0.3, -0.25) is 4.79 Å². The second kappa shape index (κ2) is 5.83. The van der Waals surface area contributed by atoms with E-state index in [9.17, 15) is 18.0 Å². The number of rotatable bonds is 2. The summed E-state index contributed by atoms with van der Waals surface area (Å²) in [4.78, 5) is 13.7. The summed E-state index contributed by atoms with van der Waals surface area (Å²) in [6.45, 7) is 3.45. The Balaban J connectivity index is 1.97. The molecule has 1 fully saturated rings. The van der Waals surface area contributed by atoms with Crippen molar-refractivity contribution in [1.82, 2.24) is 4.90 Å². The van der Waals surface area contributed by atoms with Crippen molar-refractivity contribution < 1.29 is 22.7 Å². The summed E-state index contributed by atoms with van der Waals surface area (Å²) in [5.41, 5.74) is -0.115. The predicted molar refractivity (Wildman–Crippen MR) is 67.1 cm³/mol. The SMILES string of the molecule is CC1CN(C(=O)Cc2ccc(C(F)(F)F)cc2)CCO1. The minimum absolute atomic E-state index is 0.000283. The molecule has 0 aromatic heterocycles. The maximum Gasteiger partial charge on any atom is 0.416 e. The van der Waals surface area contributed by atoms with Crippen LogP contribution >= 0.6 is 0 Å². The minimum atomic E-state index is -4.35. The lowest BCUT2D eigenvalue weighted by atomic mass is 10.1. The number of alkyl halides is 3. The fourth-order valence-corrected chi connectivity index (χ4v) is 2.14. The molecular weight excluding hydrogens is 271 g/mol. The van der Waals surface area contributed by atoms with Gasteiger partial charge in [0.25, 0.3) is 0 Å². The second-order valence-corrected chi connectivity index (χ2v) is 4.89. The standard InChI is InChI=1S/C14H16F3NO2/c1-10-9-18(6-7-20-10)13(19)8-11-2-4-12(5-3-11)14(15,16)17/h2-5,10H,6-9H2,1H3. The Kier molecular flexibility index (Phi) is 4.32. The first-order chi connectivity index (χ1) is 9.36. The molecule has 1 aromatic rings. The van der Waals surface area contributed by atoms with Crippen LogP contribution in [0.1, 0.15) is 18.1 Å². The fraction of sp³-hybridized carbons (Fsp3) is 0.500. The molecule has 1 heterocycles. The van der Waals surface area contributed by atoms with Gasteiger partial charge in [-0.05, 0) is 24.6 Å². The molecule has 110 valence electrons. The van der Waals surface area contributed by atoms with E-state index >= 15 is 0 Å². The van der Waals surface area contributed by atoms with Crippen LogP contribution in [0.2, 0.25) is 0 Å². The Morgan fingerprint density at radius 1 is 1.35 bits per heavy atom. The fourth-order valence-electron chi connectivity index (χ4n) is 2.14. The van der Waals surface area contributed by atoms with Gasteiger partial charge in [-0.15, -0.1) is 0 Å². The largest absolute Gasteiger partial charge is 0.416 e. The molecule has 3 nitrogen and oxygen atoms in total. The van der Waals surface area contributed by atoms with Crippen LogP contribution in [0.5, 0.6) is 0 Å². The van der Waals surface area contributed by atoms with Crippen molar-refractivity contribution in [1.29, 1.82) is 0 Å². The zero-order valence-corrected chi connectivity index (χ0v) is 11.1. The van der Waals surface area contributed by atoms with E-state index in [-0.39, 0.29) is 18.4 Å². The topological polar surface area (TPSA) is 29.5 Å². The summed E-state index contributed by atoms with van der Waals surface area (Å²) in [5.74, 6) is -0.0834. The Bertz CT molecular complexity index is 470. The van der Waals surface area contributed by atoms with Crippen molar-refractivity contribution in [2.24, 2.45) is 0 Å². The van der Waals surface area contributed by atoms with Gasteiger partial charge in [-0.2, -0.15) is 13.2 Å². The van der Waals surface area contributed by atoms with Crippen molar-refractivity contribution >= 4 is 5.91 Å². The van der Waals surface area contributed by atoms with E-state index in [4.69, 9.17) is 4.74 Å². The van der Waals surface area contributed by atoms with Crippen LogP contribution in [0.4, 0.5) is 13.2 Å². The highest BCUT2D eigenvalue weighted by Crippen LogP contribution is 2.29. The van der Waals surface area contributed by atoms with E-state index in [1.54, 1.807) is 4.90 Å². The monoisotopic (exact) mass is 287 g/mol. The molecule has 1 aliphatic heterocycles. The molecule has 1 saturated heterocycles. The van der Waals surface area contributed by atoms with E-state index < -0.39 is 11.7 Å². The summed E-state index contributed by atoms with van der Waals surface area (Å²) in [6.07, 6.45) is -4.23. The van der Waals surface area contributed by atoms with Gasteiger partial charge in [0, 0.05) is 13.1 Å². The Morgan fingerprint density at radius 3 is 2.55 bits per heavy atom. The maximum absolute atomic E-state index is 12.4. The Hall–Kier alpha value is -1.56. The van der Waals surface area contributed by atoms with E-state index in [0.29, 0.717) is 25.3 Å². The molecule has 1 aliphatic rings. The van der Waals surface area contributed by atoms with Crippen molar-refractivity contribution in [3.05, 3.63) is 35.4 Å². The number of carbonyl (C=O) groups is 1. The second-order valence-electron chi connectivity index (χ2n) is 4.89. The number of ether oxygens (including phenoxy) is 1. The lowest BCUT2D eigenvalue weighted by Crippen LogP contribution is -2.45. The molecule has 6 heteroatoms. The third-order valence-electron chi connectivity index (χ3n) is 3.23. The van der Waals surface area contributed by atoms with Crippen LogP contribution in [0.15, 0.2) is 24.3 Å². The average Bonchev–Trinajstić information content (AvgIpc) is 2.38. The zero-order chi connectivity index (χ0) is 14.8. The summed E-state index contributed by atoms with van der Waals surface area (Å²) in [6, 6.07) is 4.71. The van der Waals surface area contributed by atoms with Crippen molar-refractivity contribution in [3.8, 4) is 0 Å². The number of halogens is 3. The highest BCUT2D eigenvalue weighted by atomic mass is 19.4. The highest BCUT2D eigenvalue weighted by Gasteiger charge is 2.30. The van der Waals surface area contributed by atoms with Crippen molar-refractivity contribution in [2.45, 2.75) is 25.6 Å². The number of carbonyl (C=O) groups excluding carboxylic acids is 1. The number of amides is 1. The molecule has 0 saturated carbocycles. The van der Waals surface area contributed by atoms with Gasteiger partial charge in [-0.1, -0.05) is 12.1 Å². The van der Waals surface area contributed by atoms with Crippen LogP contribution in [-0.4, -0.2) is 36.6 Å². The van der Waals surface area contributed by atoms with E-state index in [2.05, 4.69) is 0 Å². The first-order valence-electron chi connectivity index (χ1n) is 6.42. The first-order valence-corrected chi connectivity index (χ1v) is 6.42. The third-order valence-corrected chi connectivity index (χ3v) is 3.23. The molecule has 0 radical (unpaired) electrons. The minimum Gasteiger partial charge on any atom is -0.375 e. The van der Waals surface area contributed by atoms with Crippen LogP contribution in [0.25, 0.3) is 0 Å². The average molecular weight is 287 g/mol. The Morgan fingerprint density at radius 2 is 2.00 bits per heavy atom. The molecule has 1 amide bonds. The molecule has 0 aliphatic carbocycles. The van der Waals surface area contributed by atoms with Crippen molar-refractivity contribution in [2.75, 3.05) is 19.7 Å². The molecule has 1 aromatic carbocycles. The first kappa shape index (κ1) is 14.8. The summed E-state index contributed by atoms with van der Waals surface area (Å²) >= 11 is 0. The number of morpholine rings is 1. The molecule has 0 N–H and O–H groups in total. The quantitative estimate of drug-likeness (QED) is 0.836. The number of hydrogen-bond acceptors (Lipinski definition) is 2. The van der Waals surface area contributed by atoms with Gasteiger partial charge in [0.2, 0.25) is 5.91 Å². The normalized spacial score (nSPS) is 20.0. The molecule has 0 bridgehead atoms.